The highest BCUT2D eigenvalue weighted by Crippen LogP contribution is 2.18. The van der Waals surface area contributed by atoms with Crippen LogP contribution in [0.25, 0.3) is 0 Å². The molecule has 0 heterocycles. The highest BCUT2D eigenvalue weighted by Gasteiger charge is 2.31. The molecule has 0 saturated carbocycles. The van der Waals surface area contributed by atoms with Gasteiger partial charge in [0.2, 0.25) is 10.0 Å². The Labute approximate surface area is 163 Å². The van der Waals surface area contributed by atoms with E-state index >= 15 is 0 Å². The zero-order chi connectivity index (χ0) is 19.7. The minimum atomic E-state index is -3.51. The number of nitrogens with zero attached hydrogens (tertiary/aromatic N) is 2. The van der Waals surface area contributed by atoms with Gasteiger partial charge in [-0.25, -0.2) is 12.7 Å². The van der Waals surface area contributed by atoms with Crippen molar-refractivity contribution in [3.63, 3.8) is 0 Å². The first-order valence-corrected chi connectivity index (χ1v) is 12.4. The van der Waals surface area contributed by atoms with Crippen LogP contribution in [0.5, 0.6) is 0 Å². The molecule has 0 spiro atoms. The van der Waals surface area contributed by atoms with Gasteiger partial charge < -0.3 is 0 Å². The zero-order valence-corrected chi connectivity index (χ0v) is 18.3. The highest BCUT2D eigenvalue weighted by atomic mass is 32.2. The van der Waals surface area contributed by atoms with Gasteiger partial charge in [0.15, 0.2) is 5.25 Å². The summed E-state index contributed by atoms with van der Waals surface area (Å²) in [4.78, 5) is 0. The van der Waals surface area contributed by atoms with E-state index in [0.717, 1.165) is 44.9 Å². The topological polar surface area (TPSA) is 61.2 Å². The van der Waals surface area contributed by atoms with Gasteiger partial charge in [-0.2, -0.15) is 5.26 Å². The lowest BCUT2D eigenvalue weighted by molar-refractivity contribution is 0.380. The van der Waals surface area contributed by atoms with Crippen LogP contribution in [0.15, 0.2) is 0 Å². The molecule has 0 bridgehead atoms. The molecule has 0 rings (SSSR count). The van der Waals surface area contributed by atoms with Crippen molar-refractivity contribution in [2.75, 3.05) is 13.1 Å². The standard InChI is InChI=1S/C21H42N2O2S/c1-4-7-10-12-15-18-23(19-16-13-11-8-5-2)26(24,25)21(20-22)17-14-9-6-3/h21H,4-19H2,1-3H3. The number of hydrogen-bond acceptors (Lipinski definition) is 3. The molecule has 0 amide bonds. The summed E-state index contributed by atoms with van der Waals surface area (Å²) in [5.74, 6) is 0. The maximum Gasteiger partial charge on any atom is 0.230 e. The van der Waals surface area contributed by atoms with Gasteiger partial charge in [-0.1, -0.05) is 91.4 Å². The van der Waals surface area contributed by atoms with Gasteiger partial charge in [-0.15, -0.1) is 0 Å². The fourth-order valence-corrected chi connectivity index (χ4v) is 4.91. The Morgan fingerprint density at radius 1 is 0.731 bits per heavy atom. The molecule has 4 nitrogen and oxygen atoms in total. The monoisotopic (exact) mass is 386 g/mol. The van der Waals surface area contributed by atoms with E-state index in [9.17, 15) is 13.7 Å². The minimum Gasteiger partial charge on any atom is -0.211 e. The number of rotatable bonds is 18. The smallest absolute Gasteiger partial charge is 0.211 e. The Bertz CT molecular complexity index is 443. The largest absolute Gasteiger partial charge is 0.230 e. The lowest BCUT2D eigenvalue weighted by Crippen LogP contribution is -2.39. The van der Waals surface area contributed by atoms with Gasteiger partial charge in [0.1, 0.15) is 0 Å². The molecule has 0 saturated heterocycles. The van der Waals surface area contributed by atoms with Gasteiger partial charge in [0.05, 0.1) is 6.07 Å². The number of nitriles is 1. The van der Waals surface area contributed by atoms with Crippen LogP contribution < -0.4 is 0 Å². The normalized spacial score (nSPS) is 13.0. The Balaban J connectivity index is 4.75. The van der Waals surface area contributed by atoms with Crippen LogP contribution in [-0.2, 0) is 10.0 Å². The summed E-state index contributed by atoms with van der Waals surface area (Å²) in [5.41, 5.74) is 0. The van der Waals surface area contributed by atoms with E-state index in [1.54, 1.807) is 4.31 Å². The van der Waals surface area contributed by atoms with E-state index in [1.807, 2.05) is 0 Å². The predicted octanol–water partition coefficient (Wildman–Crippen LogP) is 6.03. The second-order valence-corrected chi connectivity index (χ2v) is 9.50. The first-order valence-electron chi connectivity index (χ1n) is 10.9. The molecular formula is C21H42N2O2S. The summed E-state index contributed by atoms with van der Waals surface area (Å²) in [6.45, 7) is 7.61. The Morgan fingerprint density at radius 2 is 1.15 bits per heavy atom. The third-order valence-electron chi connectivity index (χ3n) is 4.96. The van der Waals surface area contributed by atoms with Crippen molar-refractivity contribution in [2.45, 2.75) is 116 Å². The van der Waals surface area contributed by atoms with Gasteiger partial charge in [-0.3, -0.25) is 0 Å². The zero-order valence-electron chi connectivity index (χ0n) is 17.5. The first kappa shape index (κ1) is 25.4. The Kier molecular flexibility index (Phi) is 16.2. The minimum absolute atomic E-state index is 0.467. The summed E-state index contributed by atoms with van der Waals surface area (Å²) in [6, 6.07) is 2.07. The van der Waals surface area contributed by atoms with Crippen molar-refractivity contribution in [1.29, 1.82) is 5.26 Å². The van der Waals surface area contributed by atoms with E-state index in [1.165, 1.54) is 38.5 Å². The molecule has 0 aromatic carbocycles. The molecule has 1 atom stereocenters. The summed E-state index contributed by atoms with van der Waals surface area (Å²) >= 11 is 0. The summed E-state index contributed by atoms with van der Waals surface area (Å²) in [7, 11) is -3.51. The quantitative estimate of drug-likeness (QED) is 0.270. The molecule has 154 valence electrons. The highest BCUT2D eigenvalue weighted by molar-refractivity contribution is 7.90. The molecule has 0 radical (unpaired) electrons. The van der Waals surface area contributed by atoms with Crippen LogP contribution in [0, 0.1) is 11.3 Å². The molecule has 0 aromatic rings. The fourth-order valence-electron chi connectivity index (χ4n) is 3.19. The van der Waals surface area contributed by atoms with Crippen LogP contribution in [0.2, 0.25) is 0 Å². The number of sulfonamides is 1. The SMILES string of the molecule is CCCCCCCN(CCCCCCC)S(=O)(=O)C(C#N)CCCCC. The molecule has 5 heteroatoms. The van der Waals surface area contributed by atoms with Gasteiger partial charge >= 0.3 is 0 Å². The third-order valence-corrected chi connectivity index (χ3v) is 7.10. The summed E-state index contributed by atoms with van der Waals surface area (Å²) in [5, 5.41) is 8.56. The van der Waals surface area contributed by atoms with Crippen molar-refractivity contribution in [3.05, 3.63) is 0 Å². The number of hydrogen-bond donors (Lipinski definition) is 0. The molecule has 0 N–H and O–H groups in total. The van der Waals surface area contributed by atoms with Gasteiger partial charge in [0, 0.05) is 13.1 Å². The van der Waals surface area contributed by atoms with E-state index < -0.39 is 15.3 Å². The summed E-state index contributed by atoms with van der Waals surface area (Å²) < 4.78 is 27.6. The third kappa shape index (κ3) is 11.2. The summed E-state index contributed by atoms with van der Waals surface area (Å²) in [6.07, 6.45) is 14.4. The maximum absolute atomic E-state index is 13.0. The molecule has 1 unspecified atom stereocenters. The van der Waals surface area contributed by atoms with Crippen LogP contribution in [-0.4, -0.2) is 31.1 Å². The van der Waals surface area contributed by atoms with Crippen molar-refractivity contribution in [3.8, 4) is 6.07 Å². The second-order valence-electron chi connectivity index (χ2n) is 7.39. The second kappa shape index (κ2) is 16.6. The molecule has 0 aromatic heterocycles. The lowest BCUT2D eigenvalue weighted by Gasteiger charge is -2.25. The molecule has 0 aliphatic rings. The molecule has 0 aliphatic heterocycles. The van der Waals surface area contributed by atoms with Crippen LogP contribution in [0.4, 0.5) is 0 Å². The van der Waals surface area contributed by atoms with E-state index in [4.69, 9.17) is 0 Å². The predicted molar refractivity (Wildman–Crippen MR) is 112 cm³/mol. The first-order chi connectivity index (χ1) is 12.5. The Hall–Kier alpha value is -0.600. The van der Waals surface area contributed by atoms with Crippen molar-refractivity contribution in [1.82, 2.24) is 4.31 Å². The van der Waals surface area contributed by atoms with Gasteiger partial charge in [-0.05, 0) is 19.3 Å². The van der Waals surface area contributed by atoms with E-state index in [2.05, 4.69) is 26.8 Å². The van der Waals surface area contributed by atoms with E-state index in [-0.39, 0.29) is 0 Å². The van der Waals surface area contributed by atoms with Crippen molar-refractivity contribution >= 4 is 10.0 Å². The molecule has 0 aliphatic carbocycles. The van der Waals surface area contributed by atoms with Gasteiger partial charge in [0.25, 0.3) is 0 Å². The Morgan fingerprint density at radius 3 is 1.58 bits per heavy atom. The molecule has 0 fully saturated rings. The molecular weight excluding hydrogens is 344 g/mol. The van der Waals surface area contributed by atoms with Crippen LogP contribution >= 0.6 is 0 Å². The van der Waals surface area contributed by atoms with Crippen LogP contribution in [0.3, 0.4) is 0 Å². The number of unbranched alkanes of at least 4 members (excludes halogenated alkanes) is 10. The van der Waals surface area contributed by atoms with Crippen molar-refractivity contribution in [2.24, 2.45) is 0 Å². The average Bonchev–Trinajstić information content (AvgIpc) is 2.62. The lowest BCUT2D eigenvalue weighted by atomic mass is 10.1. The maximum atomic E-state index is 13.0. The fraction of sp³-hybridized carbons (Fsp3) is 0.952. The average molecular weight is 387 g/mol. The van der Waals surface area contributed by atoms with Crippen LogP contribution in [0.1, 0.15) is 111 Å². The molecule has 26 heavy (non-hydrogen) atoms. The van der Waals surface area contributed by atoms with E-state index in [0.29, 0.717) is 19.5 Å². The van der Waals surface area contributed by atoms with Crippen molar-refractivity contribution < 1.29 is 8.42 Å².